The third-order valence-electron chi connectivity index (χ3n) is 6.73. The fraction of sp³-hybridized carbons (Fsp3) is 0.636. The summed E-state index contributed by atoms with van der Waals surface area (Å²) in [4.78, 5) is 19.1. The van der Waals surface area contributed by atoms with Crippen molar-refractivity contribution in [2.24, 2.45) is 5.92 Å². The molecule has 4 nitrogen and oxygen atoms in total. The van der Waals surface area contributed by atoms with Gasteiger partial charge in [-0.05, 0) is 37.8 Å². The maximum absolute atomic E-state index is 12.8. The summed E-state index contributed by atoms with van der Waals surface area (Å²) in [6, 6.07) is 8.85. The van der Waals surface area contributed by atoms with Crippen molar-refractivity contribution in [3.05, 3.63) is 29.3 Å². The number of hydrogen-bond donors (Lipinski definition) is 2. The normalized spacial score (nSPS) is 30.1. The standard InChI is InChI=1S/C22H31N3OS/c1-15-7-3-4-8-18(15)23-21(26)16(2)25-13-11-17(12-14-25)22-24-19-9-5-6-10-20(19)27-22/h5-6,9-10,15-18H,3-4,7-8,11-14H2,1-2H3,(H,23,26)/p+1/t15-,16+,18+/m0/s1. The molecule has 4 rings (SSSR count). The van der Waals surface area contributed by atoms with Crippen molar-refractivity contribution in [2.45, 2.75) is 70.4 Å². The van der Waals surface area contributed by atoms with Crippen LogP contribution in [0.15, 0.2) is 24.3 Å². The van der Waals surface area contributed by atoms with Gasteiger partial charge in [-0.25, -0.2) is 4.98 Å². The minimum atomic E-state index is 0.0513. The van der Waals surface area contributed by atoms with Gasteiger partial charge in [0.05, 0.1) is 28.3 Å². The monoisotopic (exact) mass is 386 g/mol. The second-order valence-electron chi connectivity index (χ2n) is 8.55. The number of aromatic nitrogens is 1. The molecule has 2 aromatic rings. The number of rotatable bonds is 4. The fourth-order valence-corrected chi connectivity index (χ4v) is 5.89. The molecule has 1 aliphatic heterocycles. The van der Waals surface area contributed by atoms with Gasteiger partial charge in [-0.1, -0.05) is 31.9 Å². The third kappa shape index (κ3) is 4.19. The number of piperidine rings is 1. The average Bonchev–Trinajstić information content (AvgIpc) is 3.13. The number of nitrogens with zero attached hydrogens (tertiary/aromatic N) is 1. The van der Waals surface area contributed by atoms with E-state index in [2.05, 4.69) is 43.4 Å². The summed E-state index contributed by atoms with van der Waals surface area (Å²) in [5, 5.41) is 4.64. The molecule has 0 spiro atoms. The Morgan fingerprint density at radius 3 is 2.67 bits per heavy atom. The zero-order valence-electron chi connectivity index (χ0n) is 16.5. The first-order chi connectivity index (χ1) is 13.1. The Morgan fingerprint density at radius 2 is 1.93 bits per heavy atom. The van der Waals surface area contributed by atoms with E-state index in [0.29, 0.717) is 17.9 Å². The van der Waals surface area contributed by atoms with E-state index in [0.717, 1.165) is 37.9 Å². The molecule has 1 saturated carbocycles. The predicted octanol–water partition coefficient (Wildman–Crippen LogP) is 3.14. The van der Waals surface area contributed by atoms with Gasteiger partial charge in [0.15, 0.2) is 6.04 Å². The number of amides is 1. The SMILES string of the molecule is C[C@H](C(=O)N[C@@H]1CCCC[C@@H]1C)[NH+]1CCC(c2nc3ccccc3s2)CC1. The highest BCUT2D eigenvalue weighted by Crippen LogP contribution is 2.31. The number of likely N-dealkylation sites (tertiary alicyclic amines) is 1. The highest BCUT2D eigenvalue weighted by Gasteiger charge is 2.33. The van der Waals surface area contributed by atoms with E-state index in [4.69, 9.17) is 4.98 Å². The molecule has 0 unspecified atom stereocenters. The quantitative estimate of drug-likeness (QED) is 0.848. The number of hydrogen-bond acceptors (Lipinski definition) is 3. The number of para-hydroxylation sites is 1. The van der Waals surface area contributed by atoms with Crippen LogP contribution in [0.4, 0.5) is 0 Å². The first kappa shape index (κ1) is 18.9. The molecule has 1 aliphatic carbocycles. The number of carbonyl (C=O) groups excluding carboxylic acids is 1. The predicted molar refractivity (Wildman–Crippen MR) is 111 cm³/mol. The van der Waals surface area contributed by atoms with Gasteiger partial charge in [-0.15, -0.1) is 11.3 Å². The van der Waals surface area contributed by atoms with Crippen LogP contribution in [0, 0.1) is 5.92 Å². The number of carbonyl (C=O) groups is 1. The summed E-state index contributed by atoms with van der Waals surface area (Å²) in [6.07, 6.45) is 7.23. The third-order valence-corrected chi connectivity index (χ3v) is 7.93. The first-order valence-corrected chi connectivity index (χ1v) is 11.4. The highest BCUT2D eigenvalue weighted by molar-refractivity contribution is 7.18. The van der Waals surface area contributed by atoms with Crippen LogP contribution >= 0.6 is 11.3 Å². The number of thiazole rings is 1. The molecule has 146 valence electrons. The van der Waals surface area contributed by atoms with Crippen LogP contribution < -0.4 is 10.2 Å². The molecule has 2 aliphatic rings. The maximum Gasteiger partial charge on any atom is 0.278 e. The van der Waals surface area contributed by atoms with Crippen LogP contribution in [-0.2, 0) is 4.79 Å². The van der Waals surface area contributed by atoms with Crippen molar-refractivity contribution >= 4 is 27.5 Å². The van der Waals surface area contributed by atoms with Crippen LogP contribution in [-0.4, -0.2) is 36.1 Å². The lowest BCUT2D eigenvalue weighted by Gasteiger charge is -2.34. The van der Waals surface area contributed by atoms with E-state index in [1.807, 2.05) is 11.3 Å². The summed E-state index contributed by atoms with van der Waals surface area (Å²) in [5.74, 6) is 1.43. The Labute approximate surface area is 166 Å². The highest BCUT2D eigenvalue weighted by atomic mass is 32.1. The van der Waals surface area contributed by atoms with Crippen molar-refractivity contribution in [1.82, 2.24) is 10.3 Å². The van der Waals surface area contributed by atoms with Crippen molar-refractivity contribution < 1.29 is 9.69 Å². The summed E-state index contributed by atoms with van der Waals surface area (Å²) in [6.45, 7) is 6.52. The minimum absolute atomic E-state index is 0.0513. The number of fused-ring (bicyclic) bond motifs is 1. The second kappa shape index (κ2) is 8.27. The van der Waals surface area contributed by atoms with Gasteiger partial charge < -0.3 is 10.2 Å². The largest absolute Gasteiger partial charge is 0.348 e. The van der Waals surface area contributed by atoms with E-state index in [-0.39, 0.29) is 11.9 Å². The zero-order valence-corrected chi connectivity index (χ0v) is 17.4. The molecule has 2 fully saturated rings. The van der Waals surface area contributed by atoms with E-state index < -0.39 is 0 Å². The van der Waals surface area contributed by atoms with Crippen LogP contribution in [0.1, 0.15) is 63.3 Å². The van der Waals surface area contributed by atoms with E-state index in [1.54, 1.807) is 0 Å². The van der Waals surface area contributed by atoms with E-state index in [9.17, 15) is 4.79 Å². The molecule has 0 bridgehead atoms. The van der Waals surface area contributed by atoms with Crippen molar-refractivity contribution in [3.8, 4) is 0 Å². The van der Waals surface area contributed by atoms with E-state index >= 15 is 0 Å². The number of quaternary nitrogens is 1. The molecule has 2 N–H and O–H groups in total. The van der Waals surface area contributed by atoms with Gasteiger partial charge in [0.25, 0.3) is 5.91 Å². The Kier molecular flexibility index (Phi) is 5.79. The van der Waals surface area contributed by atoms with Gasteiger partial charge in [0.1, 0.15) is 0 Å². The van der Waals surface area contributed by atoms with Crippen molar-refractivity contribution in [3.63, 3.8) is 0 Å². The Bertz CT molecular complexity index is 748. The van der Waals surface area contributed by atoms with Crippen molar-refractivity contribution in [1.29, 1.82) is 0 Å². The van der Waals surface area contributed by atoms with Gasteiger partial charge in [-0.2, -0.15) is 0 Å². The van der Waals surface area contributed by atoms with Crippen LogP contribution in [0.3, 0.4) is 0 Å². The van der Waals surface area contributed by atoms with Crippen LogP contribution in [0.2, 0.25) is 0 Å². The van der Waals surface area contributed by atoms with Crippen LogP contribution in [0.25, 0.3) is 10.2 Å². The molecule has 2 heterocycles. The Balaban J connectivity index is 1.32. The molecule has 27 heavy (non-hydrogen) atoms. The first-order valence-electron chi connectivity index (χ1n) is 10.6. The topological polar surface area (TPSA) is 46.4 Å². The molecule has 0 radical (unpaired) electrons. The van der Waals surface area contributed by atoms with Gasteiger partial charge in [0.2, 0.25) is 0 Å². The molecule has 3 atom stereocenters. The zero-order chi connectivity index (χ0) is 18.8. The average molecular weight is 387 g/mol. The molecule has 5 heteroatoms. The van der Waals surface area contributed by atoms with Crippen LogP contribution in [0.5, 0.6) is 0 Å². The lowest BCUT2D eigenvalue weighted by molar-refractivity contribution is -0.919. The lowest BCUT2D eigenvalue weighted by Crippen LogP contribution is -3.17. The molecular formula is C22H32N3OS+. The summed E-state index contributed by atoms with van der Waals surface area (Å²) in [5.41, 5.74) is 1.13. The fourth-order valence-electron chi connectivity index (χ4n) is 4.76. The number of benzene rings is 1. The summed E-state index contributed by atoms with van der Waals surface area (Å²) in [7, 11) is 0. The van der Waals surface area contributed by atoms with E-state index in [1.165, 1.54) is 33.9 Å². The molecule has 1 aromatic heterocycles. The smallest absolute Gasteiger partial charge is 0.278 e. The molecule has 1 amide bonds. The molecule has 1 aromatic carbocycles. The summed E-state index contributed by atoms with van der Waals surface area (Å²) >= 11 is 1.84. The van der Waals surface area contributed by atoms with Gasteiger partial charge in [0, 0.05) is 24.8 Å². The molecular weight excluding hydrogens is 354 g/mol. The summed E-state index contributed by atoms with van der Waals surface area (Å²) < 4.78 is 1.29. The lowest BCUT2D eigenvalue weighted by atomic mass is 9.86. The Hall–Kier alpha value is -1.46. The second-order valence-corrected chi connectivity index (χ2v) is 9.61. The minimum Gasteiger partial charge on any atom is -0.348 e. The van der Waals surface area contributed by atoms with Gasteiger partial charge >= 0.3 is 0 Å². The number of nitrogens with one attached hydrogen (secondary N) is 2. The van der Waals surface area contributed by atoms with Gasteiger partial charge in [-0.3, -0.25) is 4.79 Å². The van der Waals surface area contributed by atoms with Crippen molar-refractivity contribution in [2.75, 3.05) is 13.1 Å². The maximum atomic E-state index is 12.8. The molecule has 1 saturated heterocycles. The Morgan fingerprint density at radius 1 is 1.19 bits per heavy atom.